The topological polar surface area (TPSA) is 32.3 Å². The Morgan fingerprint density at radius 2 is 1.62 bits per heavy atom. The molecule has 0 spiro atoms. The number of hydrogen-bond donors (Lipinski definition) is 2. The van der Waals surface area contributed by atoms with Crippen LogP contribution in [0.2, 0.25) is 0 Å². The van der Waals surface area contributed by atoms with Crippen molar-refractivity contribution < 1.29 is 5.11 Å². The molecule has 0 aliphatic heterocycles. The minimum absolute atomic E-state index is 0.250. The highest BCUT2D eigenvalue weighted by molar-refractivity contribution is 4.81. The lowest BCUT2D eigenvalue weighted by Gasteiger charge is -2.34. The molecular formula is C11H25NO. The fourth-order valence-electron chi connectivity index (χ4n) is 2.25. The Morgan fingerprint density at radius 1 is 1.23 bits per heavy atom. The molecule has 1 rings (SSSR count). The van der Waals surface area contributed by atoms with Crippen LogP contribution < -0.4 is 5.32 Å². The van der Waals surface area contributed by atoms with Gasteiger partial charge in [-0.2, -0.15) is 0 Å². The fourth-order valence-corrected chi connectivity index (χ4v) is 2.25. The quantitative estimate of drug-likeness (QED) is 0.658. The van der Waals surface area contributed by atoms with Gasteiger partial charge in [0.25, 0.3) is 0 Å². The number of aliphatic hydroxyl groups excluding tert-OH is 1. The smallest absolute Gasteiger partial charge is 0.0402 e. The van der Waals surface area contributed by atoms with Gasteiger partial charge in [-0.25, -0.2) is 0 Å². The van der Waals surface area contributed by atoms with Gasteiger partial charge in [-0.3, -0.25) is 0 Å². The van der Waals surface area contributed by atoms with E-state index in [2.05, 4.69) is 26.2 Å². The maximum absolute atomic E-state index is 7.57. The summed E-state index contributed by atoms with van der Waals surface area (Å²) in [5.74, 6) is 1.77. The molecule has 0 aromatic heterocycles. The SMILES string of the molecule is CCO.CNC1C(C)CCCC1C. The maximum atomic E-state index is 7.57. The van der Waals surface area contributed by atoms with Gasteiger partial charge in [0.1, 0.15) is 0 Å². The van der Waals surface area contributed by atoms with Gasteiger partial charge in [-0.1, -0.05) is 20.3 Å². The van der Waals surface area contributed by atoms with E-state index in [1.807, 2.05) is 0 Å². The molecule has 0 bridgehead atoms. The minimum atomic E-state index is 0.250. The van der Waals surface area contributed by atoms with E-state index >= 15 is 0 Å². The molecule has 80 valence electrons. The Labute approximate surface area is 82.7 Å². The first kappa shape index (κ1) is 12.9. The van der Waals surface area contributed by atoms with Crippen LogP contribution in [-0.2, 0) is 0 Å². The Bertz CT molecular complexity index is 107. The number of rotatable bonds is 1. The van der Waals surface area contributed by atoms with Gasteiger partial charge in [-0.05, 0) is 38.6 Å². The van der Waals surface area contributed by atoms with E-state index in [0.29, 0.717) is 0 Å². The summed E-state index contributed by atoms with van der Waals surface area (Å²) in [6.45, 7) is 6.65. The van der Waals surface area contributed by atoms with Gasteiger partial charge in [0, 0.05) is 12.6 Å². The monoisotopic (exact) mass is 187 g/mol. The highest BCUT2D eigenvalue weighted by Crippen LogP contribution is 2.28. The van der Waals surface area contributed by atoms with Crippen molar-refractivity contribution in [3.05, 3.63) is 0 Å². The third-order valence-electron chi connectivity index (χ3n) is 2.88. The second-order valence-corrected chi connectivity index (χ2v) is 4.02. The lowest BCUT2D eigenvalue weighted by atomic mass is 9.79. The summed E-state index contributed by atoms with van der Waals surface area (Å²) in [6, 6.07) is 0.772. The molecule has 0 aromatic rings. The number of nitrogens with one attached hydrogen (secondary N) is 1. The summed E-state index contributed by atoms with van der Waals surface area (Å²) in [5, 5.41) is 11.0. The molecule has 2 unspecified atom stereocenters. The zero-order valence-corrected chi connectivity index (χ0v) is 9.51. The maximum Gasteiger partial charge on any atom is 0.0402 e. The zero-order valence-electron chi connectivity index (χ0n) is 9.51. The van der Waals surface area contributed by atoms with Gasteiger partial charge in [0.2, 0.25) is 0 Å². The van der Waals surface area contributed by atoms with Crippen molar-refractivity contribution in [1.82, 2.24) is 5.32 Å². The Kier molecular flexibility index (Phi) is 7.29. The predicted molar refractivity (Wildman–Crippen MR) is 57.8 cm³/mol. The van der Waals surface area contributed by atoms with E-state index in [0.717, 1.165) is 17.9 Å². The predicted octanol–water partition coefficient (Wildman–Crippen LogP) is 2.03. The van der Waals surface area contributed by atoms with Crippen molar-refractivity contribution in [3.8, 4) is 0 Å². The summed E-state index contributed by atoms with van der Waals surface area (Å²) in [4.78, 5) is 0. The van der Waals surface area contributed by atoms with Crippen LogP contribution in [0.4, 0.5) is 0 Å². The molecule has 2 N–H and O–H groups in total. The van der Waals surface area contributed by atoms with Gasteiger partial charge in [0.05, 0.1) is 0 Å². The van der Waals surface area contributed by atoms with Gasteiger partial charge in [0.15, 0.2) is 0 Å². The first-order valence-corrected chi connectivity index (χ1v) is 5.45. The molecule has 0 heterocycles. The summed E-state index contributed by atoms with van der Waals surface area (Å²) >= 11 is 0. The van der Waals surface area contributed by atoms with E-state index in [9.17, 15) is 0 Å². The molecule has 2 heteroatoms. The van der Waals surface area contributed by atoms with Gasteiger partial charge >= 0.3 is 0 Å². The van der Waals surface area contributed by atoms with Crippen LogP contribution in [-0.4, -0.2) is 24.8 Å². The average molecular weight is 187 g/mol. The van der Waals surface area contributed by atoms with Crippen LogP contribution in [0.5, 0.6) is 0 Å². The van der Waals surface area contributed by atoms with Crippen molar-refractivity contribution in [2.24, 2.45) is 11.8 Å². The molecule has 1 aliphatic carbocycles. The van der Waals surface area contributed by atoms with Crippen molar-refractivity contribution in [3.63, 3.8) is 0 Å². The van der Waals surface area contributed by atoms with Crippen LogP contribution in [0, 0.1) is 11.8 Å². The second kappa shape index (κ2) is 7.34. The number of aliphatic hydroxyl groups is 1. The Balaban J connectivity index is 0.000000424. The summed E-state index contributed by atoms with van der Waals surface area (Å²) in [5.41, 5.74) is 0. The van der Waals surface area contributed by atoms with E-state index in [4.69, 9.17) is 5.11 Å². The van der Waals surface area contributed by atoms with Crippen molar-refractivity contribution >= 4 is 0 Å². The minimum Gasteiger partial charge on any atom is -0.397 e. The molecule has 1 fully saturated rings. The Hall–Kier alpha value is -0.0800. The largest absolute Gasteiger partial charge is 0.397 e. The molecular weight excluding hydrogens is 162 g/mol. The van der Waals surface area contributed by atoms with Gasteiger partial charge < -0.3 is 10.4 Å². The van der Waals surface area contributed by atoms with Crippen LogP contribution >= 0.6 is 0 Å². The molecule has 2 atom stereocenters. The lowest BCUT2D eigenvalue weighted by molar-refractivity contribution is 0.219. The highest BCUT2D eigenvalue weighted by atomic mass is 16.2. The molecule has 1 saturated carbocycles. The van der Waals surface area contributed by atoms with E-state index in [1.54, 1.807) is 6.92 Å². The second-order valence-electron chi connectivity index (χ2n) is 4.02. The fraction of sp³-hybridized carbons (Fsp3) is 1.00. The average Bonchev–Trinajstić information content (AvgIpc) is 2.06. The summed E-state index contributed by atoms with van der Waals surface area (Å²) < 4.78 is 0. The first-order valence-electron chi connectivity index (χ1n) is 5.45. The third-order valence-corrected chi connectivity index (χ3v) is 2.88. The molecule has 0 aromatic carbocycles. The van der Waals surface area contributed by atoms with Gasteiger partial charge in [-0.15, -0.1) is 0 Å². The van der Waals surface area contributed by atoms with E-state index in [-0.39, 0.29) is 6.61 Å². The number of hydrogen-bond acceptors (Lipinski definition) is 2. The standard InChI is InChI=1S/C9H19N.C2H6O/c1-7-5-4-6-8(2)9(7)10-3;1-2-3/h7-10H,4-6H2,1-3H3;3H,2H2,1H3. The van der Waals surface area contributed by atoms with Crippen molar-refractivity contribution in [2.75, 3.05) is 13.7 Å². The van der Waals surface area contributed by atoms with Crippen molar-refractivity contribution in [2.45, 2.75) is 46.1 Å². The molecule has 1 aliphatic rings. The third kappa shape index (κ3) is 4.63. The first-order chi connectivity index (χ1) is 6.17. The molecule has 2 nitrogen and oxygen atoms in total. The van der Waals surface area contributed by atoms with Crippen LogP contribution in [0.1, 0.15) is 40.0 Å². The Morgan fingerprint density at radius 3 is 1.85 bits per heavy atom. The zero-order chi connectivity index (χ0) is 10.3. The molecule has 13 heavy (non-hydrogen) atoms. The lowest BCUT2D eigenvalue weighted by Crippen LogP contribution is -2.40. The normalized spacial score (nSPS) is 33.5. The summed E-state index contributed by atoms with van der Waals surface area (Å²) in [6.07, 6.45) is 4.26. The van der Waals surface area contributed by atoms with Crippen LogP contribution in [0.25, 0.3) is 0 Å². The highest BCUT2D eigenvalue weighted by Gasteiger charge is 2.25. The molecule has 0 radical (unpaired) electrons. The van der Waals surface area contributed by atoms with E-state index in [1.165, 1.54) is 19.3 Å². The molecule has 0 saturated heterocycles. The van der Waals surface area contributed by atoms with Crippen molar-refractivity contribution in [1.29, 1.82) is 0 Å². The van der Waals surface area contributed by atoms with E-state index < -0.39 is 0 Å². The summed E-state index contributed by atoms with van der Waals surface area (Å²) in [7, 11) is 2.09. The van der Waals surface area contributed by atoms with Crippen LogP contribution in [0.15, 0.2) is 0 Å². The molecule has 0 amide bonds. The van der Waals surface area contributed by atoms with Crippen LogP contribution in [0.3, 0.4) is 0 Å².